The van der Waals surface area contributed by atoms with Crippen LogP contribution in [0.3, 0.4) is 0 Å². The maximum Gasteiger partial charge on any atom is 0.0924 e. The molecule has 146 valence electrons. The summed E-state index contributed by atoms with van der Waals surface area (Å²) < 4.78 is 0. The van der Waals surface area contributed by atoms with E-state index in [2.05, 4.69) is 128 Å². The van der Waals surface area contributed by atoms with Gasteiger partial charge in [-0.25, -0.2) is 0 Å². The topological polar surface area (TPSA) is 6.48 Å². The Kier molecular flexibility index (Phi) is 4.33. The van der Waals surface area contributed by atoms with Crippen LogP contribution in [0.15, 0.2) is 97.1 Å². The predicted octanol–water partition coefficient (Wildman–Crippen LogP) is 5.73. The summed E-state index contributed by atoms with van der Waals surface area (Å²) >= 11 is 0. The van der Waals surface area contributed by atoms with Crippen LogP contribution in [0, 0.1) is 6.92 Å². The van der Waals surface area contributed by atoms with Gasteiger partial charge in [-0.2, -0.15) is 0 Å². The van der Waals surface area contributed by atoms with E-state index >= 15 is 0 Å². The van der Waals surface area contributed by atoms with Crippen LogP contribution in [-0.2, 0) is 5.54 Å². The molecule has 29 heavy (non-hydrogen) atoms. The summed E-state index contributed by atoms with van der Waals surface area (Å²) in [5.41, 5.74) is 5.08. The summed E-state index contributed by atoms with van der Waals surface area (Å²) in [6, 6.07) is 31.5. The Bertz CT molecular complexity index is 985. The molecule has 1 saturated heterocycles. The van der Waals surface area contributed by atoms with E-state index in [0.29, 0.717) is 12.1 Å². The summed E-state index contributed by atoms with van der Waals surface area (Å²) in [5.74, 6) is 0. The van der Waals surface area contributed by atoms with Crippen molar-refractivity contribution in [3.63, 3.8) is 0 Å². The van der Waals surface area contributed by atoms with Crippen molar-refractivity contribution in [1.29, 1.82) is 0 Å². The molecular formula is C27H28N2. The van der Waals surface area contributed by atoms with Crippen LogP contribution in [0.1, 0.15) is 30.5 Å². The van der Waals surface area contributed by atoms with Crippen LogP contribution in [0.4, 0.5) is 5.69 Å². The summed E-state index contributed by atoms with van der Waals surface area (Å²) in [6.07, 6.45) is 5.13. The van der Waals surface area contributed by atoms with Gasteiger partial charge in [0, 0.05) is 11.7 Å². The predicted molar refractivity (Wildman–Crippen MR) is 121 cm³/mol. The van der Waals surface area contributed by atoms with Crippen LogP contribution in [0.2, 0.25) is 0 Å². The maximum atomic E-state index is 2.70. The molecule has 0 aliphatic carbocycles. The van der Waals surface area contributed by atoms with Crippen molar-refractivity contribution >= 4 is 5.69 Å². The molecule has 0 amide bonds. The second kappa shape index (κ2) is 6.89. The molecule has 3 aromatic carbocycles. The first kappa shape index (κ1) is 18.2. The Morgan fingerprint density at radius 3 is 1.86 bits per heavy atom. The van der Waals surface area contributed by atoms with Crippen LogP contribution in [0.25, 0.3) is 0 Å². The summed E-state index contributed by atoms with van der Waals surface area (Å²) in [6.45, 7) is 6.94. The monoisotopic (exact) mass is 380 g/mol. The fourth-order valence-electron chi connectivity index (χ4n) is 5.54. The average Bonchev–Trinajstić information content (AvgIpc) is 3.28. The molecule has 0 radical (unpaired) electrons. The highest BCUT2D eigenvalue weighted by Gasteiger charge is 2.55. The number of nitrogens with zero attached hydrogens (tertiary/aromatic N) is 2. The average molecular weight is 381 g/mol. The summed E-state index contributed by atoms with van der Waals surface area (Å²) in [5, 5.41) is 0. The van der Waals surface area contributed by atoms with Gasteiger partial charge in [0.15, 0.2) is 0 Å². The molecule has 2 aliphatic heterocycles. The Balaban J connectivity index is 1.68. The lowest BCUT2D eigenvalue weighted by atomic mass is 9.82. The van der Waals surface area contributed by atoms with Gasteiger partial charge in [0.25, 0.3) is 0 Å². The maximum absolute atomic E-state index is 2.70. The molecule has 2 heteroatoms. The first-order valence-corrected chi connectivity index (χ1v) is 10.6. The van der Waals surface area contributed by atoms with E-state index in [4.69, 9.17) is 0 Å². The molecule has 1 fully saturated rings. The van der Waals surface area contributed by atoms with Crippen molar-refractivity contribution in [2.24, 2.45) is 0 Å². The van der Waals surface area contributed by atoms with E-state index < -0.39 is 0 Å². The van der Waals surface area contributed by atoms with Gasteiger partial charge in [0.05, 0.1) is 17.7 Å². The van der Waals surface area contributed by atoms with Gasteiger partial charge < -0.3 is 4.90 Å². The Morgan fingerprint density at radius 1 is 0.724 bits per heavy atom. The minimum atomic E-state index is -0.252. The third-order valence-electron chi connectivity index (χ3n) is 6.82. The molecule has 2 aliphatic rings. The lowest BCUT2D eigenvalue weighted by Crippen LogP contribution is -2.49. The number of anilines is 1. The summed E-state index contributed by atoms with van der Waals surface area (Å²) in [4.78, 5) is 5.30. The molecule has 3 aromatic rings. The van der Waals surface area contributed by atoms with E-state index in [1.54, 1.807) is 0 Å². The van der Waals surface area contributed by atoms with E-state index in [0.717, 1.165) is 0 Å². The number of aryl methyl sites for hydroxylation is 1. The zero-order chi connectivity index (χ0) is 20.0. The first-order chi connectivity index (χ1) is 14.1. The molecule has 2 unspecified atom stereocenters. The number of para-hydroxylation sites is 1. The highest BCUT2D eigenvalue weighted by molar-refractivity contribution is 5.58. The molecule has 0 spiro atoms. The highest BCUT2D eigenvalue weighted by atomic mass is 15.5. The number of benzene rings is 3. The number of fused-ring (bicyclic) bond motifs is 1. The molecule has 2 nitrogen and oxygen atoms in total. The lowest BCUT2D eigenvalue weighted by Gasteiger charge is -2.43. The van der Waals surface area contributed by atoms with Gasteiger partial charge in [0.1, 0.15) is 0 Å². The van der Waals surface area contributed by atoms with Crippen LogP contribution < -0.4 is 4.90 Å². The fraction of sp³-hybridized carbons (Fsp3) is 0.259. The molecule has 0 aromatic heterocycles. The highest BCUT2D eigenvalue weighted by Crippen LogP contribution is 2.50. The van der Waals surface area contributed by atoms with Gasteiger partial charge in [-0.3, -0.25) is 4.90 Å². The number of rotatable bonds is 3. The second-order valence-corrected chi connectivity index (χ2v) is 8.32. The summed E-state index contributed by atoms with van der Waals surface area (Å²) in [7, 11) is 0. The van der Waals surface area contributed by atoms with Crippen molar-refractivity contribution in [2.75, 3.05) is 4.90 Å². The van der Waals surface area contributed by atoms with Crippen molar-refractivity contribution in [3.05, 3.63) is 114 Å². The fourth-order valence-corrected chi connectivity index (χ4v) is 5.54. The first-order valence-electron chi connectivity index (χ1n) is 10.6. The van der Waals surface area contributed by atoms with Gasteiger partial charge >= 0.3 is 0 Å². The SMILES string of the molecule is Cc1ccccc1N1C(C)N2C(C=CC2(c2ccccc2)c2ccccc2)[C@@H]1C. The van der Waals surface area contributed by atoms with Gasteiger partial charge in [-0.05, 0) is 43.5 Å². The zero-order valence-corrected chi connectivity index (χ0v) is 17.4. The van der Waals surface area contributed by atoms with Gasteiger partial charge in [0.2, 0.25) is 0 Å². The van der Waals surface area contributed by atoms with Crippen molar-refractivity contribution < 1.29 is 0 Å². The quantitative estimate of drug-likeness (QED) is 0.535. The van der Waals surface area contributed by atoms with Crippen LogP contribution >= 0.6 is 0 Å². The molecule has 0 N–H and O–H groups in total. The van der Waals surface area contributed by atoms with Crippen LogP contribution in [-0.4, -0.2) is 23.1 Å². The third kappa shape index (κ3) is 2.59. The zero-order valence-electron chi connectivity index (χ0n) is 17.4. The van der Waals surface area contributed by atoms with E-state index in [1.807, 2.05) is 0 Å². The molecule has 5 rings (SSSR count). The molecule has 2 heterocycles. The number of hydrogen-bond donors (Lipinski definition) is 0. The lowest BCUT2D eigenvalue weighted by molar-refractivity contribution is 0.144. The Hall–Kier alpha value is -2.84. The smallest absolute Gasteiger partial charge is 0.0924 e. The second-order valence-electron chi connectivity index (χ2n) is 8.32. The molecule has 3 atom stereocenters. The van der Waals surface area contributed by atoms with Crippen molar-refractivity contribution in [2.45, 2.75) is 44.6 Å². The standard InChI is InChI=1S/C27H28N2/c1-20-12-10-11-17-25(20)28-21(2)26-18-19-27(29(26)22(28)3,23-13-6-4-7-14-23)24-15-8-5-9-16-24/h4-19,21-22,26H,1-3H3/t21-,22?,26?/m0/s1. The van der Waals surface area contributed by atoms with E-state index in [-0.39, 0.29) is 11.7 Å². The van der Waals surface area contributed by atoms with Crippen LogP contribution in [0.5, 0.6) is 0 Å². The minimum absolute atomic E-state index is 0.252. The number of hydrogen-bond acceptors (Lipinski definition) is 2. The Labute approximate surface area is 174 Å². The molecular weight excluding hydrogens is 352 g/mol. The Morgan fingerprint density at radius 2 is 1.28 bits per heavy atom. The normalized spacial score (nSPS) is 25.3. The van der Waals surface area contributed by atoms with Crippen molar-refractivity contribution in [3.8, 4) is 0 Å². The largest absolute Gasteiger partial charge is 0.351 e. The molecule has 0 bridgehead atoms. The molecule has 0 saturated carbocycles. The third-order valence-corrected chi connectivity index (χ3v) is 6.82. The van der Waals surface area contributed by atoms with Gasteiger partial charge in [-0.15, -0.1) is 0 Å². The van der Waals surface area contributed by atoms with Crippen molar-refractivity contribution in [1.82, 2.24) is 4.90 Å². The minimum Gasteiger partial charge on any atom is -0.351 e. The van der Waals surface area contributed by atoms with Gasteiger partial charge in [-0.1, -0.05) is 91.0 Å². The van der Waals surface area contributed by atoms with E-state index in [1.165, 1.54) is 22.4 Å². The van der Waals surface area contributed by atoms with E-state index in [9.17, 15) is 0 Å².